The molecule has 1 N–H and O–H groups in total. The normalized spacial score (nSPS) is 14.9. The molecule has 4 aromatic rings. The highest BCUT2D eigenvalue weighted by Crippen LogP contribution is 2.32. The van der Waals surface area contributed by atoms with Gasteiger partial charge in [0.25, 0.3) is 17.2 Å². The highest BCUT2D eigenvalue weighted by Gasteiger charge is 2.32. The van der Waals surface area contributed by atoms with Gasteiger partial charge >= 0.3 is 0 Å². The number of benzene rings is 3. The van der Waals surface area contributed by atoms with Gasteiger partial charge in [0.05, 0.1) is 33.9 Å². The molecule has 1 aliphatic rings. The number of nitrogens with zero attached hydrogens (tertiary/aromatic N) is 3. The number of aryl methyl sites for hydroxylation is 2. The van der Waals surface area contributed by atoms with E-state index >= 15 is 0 Å². The lowest BCUT2D eigenvalue weighted by molar-refractivity contribution is -0.384. The van der Waals surface area contributed by atoms with Gasteiger partial charge in [-0.05, 0) is 62.2 Å². The first-order valence-corrected chi connectivity index (χ1v) is 13.8. The molecule has 0 saturated heterocycles. The Morgan fingerprint density at radius 3 is 2.51 bits per heavy atom. The number of nitro benzene ring substituents is 1. The molecule has 0 aliphatic carbocycles. The second kappa shape index (κ2) is 11.1. The van der Waals surface area contributed by atoms with Crippen molar-refractivity contribution in [2.24, 2.45) is 4.99 Å². The van der Waals surface area contributed by atoms with Gasteiger partial charge in [-0.2, -0.15) is 0 Å². The Bertz CT molecular complexity index is 1930. The third-order valence-corrected chi connectivity index (χ3v) is 8.13. The van der Waals surface area contributed by atoms with Crippen molar-refractivity contribution in [3.8, 4) is 5.75 Å². The molecular weight excluding hydrogens is 564 g/mol. The standard InChI is InChI=1S/C30H25ClN4O5S/c1-16-5-12-24(17(2)13-16)33-28(36)26-18(3)32-30-34(27(26)19-6-9-22(40-4)10-7-19)29(37)25(41-30)15-20-14-21(35(38)39)8-11-23(20)31/h5-15,27H,1-4H3,(H,33,36)/b25-15+/t27-/m1/s1. The number of anilines is 1. The number of hydrogen-bond donors (Lipinski definition) is 1. The average Bonchev–Trinajstić information content (AvgIpc) is 3.24. The second-order valence-corrected chi connectivity index (χ2v) is 11.0. The van der Waals surface area contributed by atoms with Crippen LogP contribution in [0.2, 0.25) is 5.02 Å². The van der Waals surface area contributed by atoms with Crippen molar-refractivity contribution in [2.75, 3.05) is 12.4 Å². The maximum Gasteiger partial charge on any atom is 0.271 e. The molecular formula is C30H25ClN4O5S. The minimum atomic E-state index is -0.786. The molecule has 0 unspecified atom stereocenters. The van der Waals surface area contributed by atoms with Crippen LogP contribution >= 0.6 is 22.9 Å². The number of ether oxygens (including phenoxy) is 1. The van der Waals surface area contributed by atoms with Gasteiger partial charge < -0.3 is 10.1 Å². The van der Waals surface area contributed by atoms with Crippen molar-refractivity contribution in [3.63, 3.8) is 0 Å². The van der Waals surface area contributed by atoms with Crippen LogP contribution in [-0.4, -0.2) is 22.5 Å². The van der Waals surface area contributed by atoms with Gasteiger partial charge in [0.15, 0.2) is 4.80 Å². The molecule has 3 aromatic carbocycles. The van der Waals surface area contributed by atoms with Crippen LogP contribution in [0.1, 0.15) is 35.2 Å². The fraction of sp³-hybridized carbons (Fsp3) is 0.167. The quantitative estimate of drug-likeness (QED) is 0.250. The monoisotopic (exact) mass is 588 g/mol. The maximum absolute atomic E-state index is 13.9. The summed E-state index contributed by atoms with van der Waals surface area (Å²) in [7, 11) is 1.56. The van der Waals surface area contributed by atoms with Crippen LogP contribution in [-0.2, 0) is 4.79 Å². The molecule has 0 radical (unpaired) electrons. The third kappa shape index (κ3) is 5.44. The molecule has 11 heteroatoms. The molecule has 0 fully saturated rings. The van der Waals surface area contributed by atoms with Crippen LogP contribution < -0.4 is 24.9 Å². The van der Waals surface area contributed by atoms with E-state index < -0.39 is 16.5 Å². The van der Waals surface area contributed by atoms with Crippen molar-refractivity contribution < 1.29 is 14.5 Å². The van der Waals surface area contributed by atoms with Crippen LogP contribution in [0.5, 0.6) is 5.75 Å². The van der Waals surface area contributed by atoms with Gasteiger partial charge in [0.2, 0.25) is 0 Å². The first-order chi connectivity index (χ1) is 19.6. The van der Waals surface area contributed by atoms with Gasteiger partial charge in [-0.15, -0.1) is 0 Å². The molecule has 0 bridgehead atoms. The summed E-state index contributed by atoms with van der Waals surface area (Å²) in [5.41, 5.74) is 3.89. The lowest BCUT2D eigenvalue weighted by atomic mass is 9.95. The molecule has 1 aromatic heterocycles. The number of aromatic nitrogens is 1. The number of carbonyl (C=O) groups excluding carboxylic acids is 1. The highest BCUT2D eigenvalue weighted by atomic mass is 35.5. The first kappa shape index (κ1) is 28.0. The van der Waals surface area contributed by atoms with E-state index in [9.17, 15) is 19.7 Å². The number of non-ortho nitro benzene ring substituents is 1. The van der Waals surface area contributed by atoms with E-state index in [2.05, 4.69) is 10.3 Å². The van der Waals surface area contributed by atoms with Crippen molar-refractivity contribution in [3.05, 3.63) is 129 Å². The van der Waals surface area contributed by atoms with Crippen LogP contribution in [0, 0.1) is 24.0 Å². The van der Waals surface area contributed by atoms with E-state index in [0.717, 1.165) is 22.5 Å². The summed E-state index contributed by atoms with van der Waals surface area (Å²) < 4.78 is 7.06. The summed E-state index contributed by atoms with van der Waals surface area (Å²) in [6.45, 7) is 5.63. The number of amides is 1. The van der Waals surface area contributed by atoms with Crippen LogP contribution in [0.25, 0.3) is 6.08 Å². The fourth-order valence-corrected chi connectivity index (χ4v) is 5.96. The first-order valence-electron chi connectivity index (χ1n) is 12.6. The number of fused-ring (bicyclic) bond motifs is 1. The number of thiazole rings is 1. The Kier molecular flexibility index (Phi) is 7.61. The smallest absolute Gasteiger partial charge is 0.271 e. The zero-order valence-corrected chi connectivity index (χ0v) is 24.2. The Labute approximate surface area is 243 Å². The van der Waals surface area contributed by atoms with Crippen LogP contribution in [0.4, 0.5) is 11.4 Å². The number of halogens is 1. The number of hydrogen-bond acceptors (Lipinski definition) is 7. The molecule has 5 rings (SSSR count). The third-order valence-electron chi connectivity index (χ3n) is 6.80. The summed E-state index contributed by atoms with van der Waals surface area (Å²) in [6, 6.07) is 16.1. The molecule has 41 heavy (non-hydrogen) atoms. The second-order valence-electron chi connectivity index (χ2n) is 9.59. The SMILES string of the molecule is COc1ccc([C@@H]2C(C(=O)Nc3ccc(C)cc3C)=C(C)N=c3s/c(=C/c4cc([N+](=O)[O-])ccc4Cl)c(=O)n32)cc1. The number of rotatable bonds is 6. The highest BCUT2D eigenvalue weighted by molar-refractivity contribution is 7.07. The van der Waals surface area contributed by atoms with E-state index in [1.807, 2.05) is 32.0 Å². The number of nitro groups is 1. The Hall–Kier alpha value is -4.54. The number of methoxy groups -OCH3 is 1. The lowest BCUT2D eigenvalue weighted by Crippen LogP contribution is -2.40. The van der Waals surface area contributed by atoms with E-state index in [1.54, 1.807) is 38.3 Å². The van der Waals surface area contributed by atoms with Gasteiger partial charge in [0.1, 0.15) is 5.75 Å². The minimum Gasteiger partial charge on any atom is -0.497 e. The van der Waals surface area contributed by atoms with E-state index in [-0.39, 0.29) is 21.1 Å². The van der Waals surface area contributed by atoms with Gasteiger partial charge in [0, 0.05) is 28.4 Å². The molecule has 1 aliphatic heterocycles. The molecule has 0 spiro atoms. The van der Waals surface area contributed by atoms with E-state index in [1.165, 1.54) is 28.8 Å². The van der Waals surface area contributed by atoms with E-state index in [0.29, 0.717) is 38.6 Å². The zero-order chi connectivity index (χ0) is 29.4. The van der Waals surface area contributed by atoms with E-state index in [4.69, 9.17) is 16.3 Å². The number of allylic oxidation sites excluding steroid dienone is 1. The Morgan fingerprint density at radius 2 is 1.85 bits per heavy atom. The molecule has 1 amide bonds. The van der Waals surface area contributed by atoms with Gasteiger partial charge in [-0.25, -0.2) is 4.99 Å². The van der Waals surface area contributed by atoms with Crippen molar-refractivity contribution in [1.29, 1.82) is 0 Å². The van der Waals surface area contributed by atoms with Crippen LogP contribution in [0.15, 0.2) is 81.7 Å². The zero-order valence-electron chi connectivity index (χ0n) is 22.6. The Balaban J connectivity index is 1.68. The maximum atomic E-state index is 13.9. The Morgan fingerprint density at radius 1 is 1.12 bits per heavy atom. The summed E-state index contributed by atoms with van der Waals surface area (Å²) >= 11 is 7.44. The van der Waals surface area contributed by atoms with Crippen LogP contribution in [0.3, 0.4) is 0 Å². The summed E-state index contributed by atoms with van der Waals surface area (Å²) in [5.74, 6) is 0.249. The molecule has 1 atom stereocenters. The predicted octanol–water partition coefficient (Wildman–Crippen LogP) is 5.06. The van der Waals surface area contributed by atoms with Crippen molar-refractivity contribution >= 4 is 46.3 Å². The van der Waals surface area contributed by atoms with Crippen molar-refractivity contribution in [1.82, 2.24) is 4.57 Å². The molecule has 0 saturated carbocycles. The largest absolute Gasteiger partial charge is 0.497 e. The molecule has 2 heterocycles. The summed E-state index contributed by atoms with van der Waals surface area (Å²) in [5, 5.41) is 14.6. The molecule has 208 valence electrons. The number of nitrogens with one attached hydrogen (secondary N) is 1. The lowest BCUT2D eigenvalue weighted by Gasteiger charge is -2.25. The van der Waals surface area contributed by atoms with Gasteiger partial charge in [-0.1, -0.05) is 52.8 Å². The topological polar surface area (TPSA) is 116 Å². The fourth-order valence-electron chi connectivity index (χ4n) is 4.75. The van der Waals surface area contributed by atoms with Crippen molar-refractivity contribution in [2.45, 2.75) is 26.8 Å². The average molecular weight is 589 g/mol. The summed E-state index contributed by atoms with van der Waals surface area (Å²) in [6.07, 6.45) is 1.51. The van der Waals surface area contributed by atoms with Gasteiger partial charge in [-0.3, -0.25) is 24.3 Å². The number of carbonyl (C=O) groups is 1. The summed E-state index contributed by atoms with van der Waals surface area (Å²) in [4.78, 5) is 43.6. The predicted molar refractivity (Wildman–Crippen MR) is 159 cm³/mol. The molecule has 9 nitrogen and oxygen atoms in total. The minimum absolute atomic E-state index is 0.147.